The lowest BCUT2D eigenvalue weighted by atomic mass is 10.1. The highest BCUT2D eigenvalue weighted by Gasteiger charge is 2.08. The Balaban J connectivity index is 2.47. The molecule has 0 fully saturated rings. The molecule has 0 radical (unpaired) electrons. The van der Waals surface area contributed by atoms with Crippen LogP contribution < -0.4 is 5.32 Å². The highest BCUT2D eigenvalue weighted by molar-refractivity contribution is 8.00. The van der Waals surface area contributed by atoms with Crippen molar-refractivity contribution in [1.82, 2.24) is 10.2 Å². The lowest BCUT2D eigenvalue weighted by Gasteiger charge is -2.02. The van der Waals surface area contributed by atoms with Gasteiger partial charge in [-0.25, -0.2) is 0 Å². The number of hydrogen-bond acceptors (Lipinski definition) is 5. The molecule has 0 spiro atoms. The number of carbonyl (C=O) groups is 1. The average Bonchev–Trinajstić information content (AvgIpc) is 2.50. The van der Waals surface area contributed by atoms with Crippen LogP contribution in [0.25, 0.3) is 0 Å². The summed E-state index contributed by atoms with van der Waals surface area (Å²) in [5.41, 5.74) is 0. The molecule has 0 aliphatic rings. The van der Waals surface area contributed by atoms with Gasteiger partial charge in [-0.2, -0.15) is 0 Å². The number of aromatic nitrogens is 2. The highest BCUT2D eigenvalue weighted by atomic mass is 32.2. The Morgan fingerprint density at radius 2 is 2.29 bits per heavy atom. The molecule has 0 aliphatic heterocycles. The van der Waals surface area contributed by atoms with Crippen molar-refractivity contribution in [3.05, 3.63) is 0 Å². The van der Waals surface area contributed by atoms with E-state index >= 15 is 0 Å². The van der Waals surface area contributed by atoms with Gasteiger partial charge in [0.05, 0.1) is 0 Å². The van der Waals surface area contributed by atoms with Crippen molar-refractivity contribution in [2.45, 2.75) is 24.6 Å². The van der Waals surface area contributed by atoms with E-state index in [1.54, 1.807) is 0 Å². The Morgan fingerprint density at radius 3 is 2.79 bits per heavy atom. The number of rotatable bonds is 4. The standard InChI is InChI=1S/C8H13N3OS2/c1-5(2)4-6(12)9-7-10-11-8(13-3)14-7/h5H,4H2,1-3H3,(H,9,10,12). The Bertz CT molecular complexity index is 311. The number of hydrogen-bond donors (Lipinski definition) is 1. The minimum absolute atomic E-state index is 0.00352. The quantitative estimate of drug-likeness (QED) is 0.638. The summed E-state index contributed by atoms with van der Waals surface area (Å²) >= 11 is 2.92. The van der Waals surface area contributed by atoms with Gasteiger partial charge in [0.1, 0.15) is 0 Å². The average molecular weight is 231 g/mol. The first kappa shape index (κ1) is 11.5. The third kappa shape index (κ3) is 3.63. The molecule has 14 heavy (non-hydrogen) atoms. The second-order valence-corrected chi connectivity index (χ2v) is 5.25. The molecule has 1 N–H and O–H groups in total. The summed E-state index contributed by atoms with van der Waals surface area (Å²) in [6.45, 7) is 4.01. The van der Waals surface area contributed by atoms with E-state index in [1.165, 1.54) is 23.1 Å². The SMILES string of the molecule is CSc1nnc(NC(=O)CC(C)C)s1. The first-order valence-corrected chi connectivity index (χ1v) is 6.33. The Hall–Kier alpha value is -0.620. The van der Waals surface area contributed by atoms with Crippen LogP contribution in [-0.4, -0.2) is 22.4 Å². The van der Waals surface area contributed by atoms with E-state index < -0.39 is 0 Å². The predicted octanol–water partition coefficient (Wildman–Crippen LogP) is 2.24. The zero-order chi connectivity index (χ0) is 10.6. The highest BCUT2D eigenvalue weighted by Crippen LogP contribution is 2.23. The fraction of sp³-hybridized carbons (Fsp3) is 0.625. The maximum atomic E-state index is 11.3. The lowest BCUT2D eigenvalue weighted by Crippen LogP contribution is -2.13. The van der Waals surface area contributed by atoms with Gasteiger partial charge in [0.2, 0.25) is 11.0 Å². The number of carbonyl (C=O) groups excluding carboxylic acids is 1. The van der Waals surface area contributed by atoms with E-state index in [2.05, 4.69) is 15.5 Å². The van der Waals surface area contributed by atoms with Crippen LogP contribution in [0.1, 0.15) is 20.3 Å². The van der Waals surface area contributed by atoms with Crippen molar-refractivity contribution in [2.75, 3.05) is 11.6 Å². The summed E-state index contributed by atoms with van der Waals surface area (Å²) in [5.74, 6) is 0.367. The molecule has 0 aromatic carbocycles. The second-order valence-electron chi connectivity index (χ2n) is 3.22. The third-order valence-corrected chi connectivity index (χ3v) is 3.24. The number of nitrogens with one attached hydrogen (secondary N) is 1. The summed E-state index contributed by atoms with van der Waals surface area (Å²) in [5, 5.41) is 11.0. The van der Waals surface area contributed by atoms with Gasteiger partial charge in [-0.15, -0.1) is 10.2 Å². The van der Waals surface area contributed by atoms with Crippen molar-refractivity contribution in [3.8, 4) is 0 Å². The summed E-state index contributed by atoms with van der Waals surface area (Å²) in [4.78, 5) is 11.3. The van der Waals surface area contributed by atoms with Crippen LogP contribution >= 0.6 is 23.1 Å². The number of anilines is 1. The molecule has 1 aromatic heterocycles. The molecule has 1 heterocycles. The summed E-state index contributed by atoms with van der Waals surface area (Å²) in [7, 11) is 0. The largest absolute Gasteiger partial charge is 0.300 e. The van der Waals surface area contributed by atoms with Crippen LogP contribution in [0.5, 0.6) is 0 Å². The molecular weight excluding hydrogens is 218 g/mol. The van der Waals surface area contributed by atoms with Crippen LogP contribution in [0.3, 0.4) is 0 Å². The van der Waals surface area contributed by atoms with Gasteiger partial charge < -0.3 is 5.32 Å². The van der Waals surface area contributed by atoms with Crippen LogP contribution in [0.4, 0.5) is 5.13 Å². The van der Waals surface area contributed by atoms with Gasteiger partial charge in [-0.3, -0.25) is 4.79 Å². The van der Waals surface area contributed by atoms with E-state index in [1.807, 2.05) is 20.1 Å². The summed E-state index contributed by atoms with van der Waals surface area (Å²) in [6, 6.07) is 0. The molecule has 0 saturated carbocycles. The van der Waals surface area contributed by atoms with Gasteiger partial charge in [-0.05, 0) is 12.2 Å². The van der Waals surface area contributed by atoms with E-state index in [-0.39, 0.29) is 5.91 Å². The van der Waals surface area contributed by atoms with Crippen molar-refractivity contribution in [1.29, 1.82) is 0 Å². The Labute approximate surface area is 91.5 Å². The molecule has 0 saturated heterocycles. The van der Waals surface area contributed by atoms with Crippen LogP contribution in [0, 0.1) is 5.92 Å². The molecule has 0 unspecified atom stereocenters. The zero-order valence-electron chi connectivity index (χ0n) is 8.40. The van der Waals surface area contributed by atoms with Crippen molar-refractivity contribution < 1.29 is 4.79 Å². The van der Waals surface area contributed by atoms with Gasteiger partial charge in [-0.1, -0.05) is 36.9 Å². The first-order chi connectivity index (χ1) is 6.61. The fourth-order valence-electron chi connectivity index (χ4n) is 0.884. The molecular formula is C8H13N3OS2. The van der Waals surface area contributed by atoms with E-state index in [0.717, 1.165) is 4.34 Å². The van der Waals surface area contributed by atoms with Crippen molar-refractivity contribution in [3.63, 3.8) is 0 Å². The summed E-state index contributed by atoms with van der Waals surface area (Å²) in [6.07, 6.45) is 2.45. The number of amides is 1. The third-order valence-electron chi connectivity index (χ3n) is 1.42. The van der Waals surface area contributed by atoms with Crippen molar-refractivity contribution in [2.24, 2.45) is 5.92 Å². The first-order valence-electron chi connectivity index (χ1n) is 4.29. The maximum absolute atomic E-state index is 11.3. The van der Waals surface area contributed by atoms with Crippen LogP contribution in [-0.2, 0) is 4.79 Å². The maximum Gasteiger partial charge on any atom is 0.226 e. The number of thioether (sulfide) groups is 1. The molecule has 0 bridgehead atoms. The van der Waals surface area contributed by atoms with E-state index in [9.17, 15) is 4.79 Å². The smallest absolute Gasteiger partial charge is 0.226 e. The van der Waals surface area contributed by atoms with Gasteiger partial charge >= 0.3 is 0 Å². The molecule has 1 rings (SSSR count). The molecule has 0 aliphatic carbocycles. The molecule has 1 amide bonds. The molecule has 1 aromatic rings. The molecule has 0 atom stereocenters. The van der Waals surface area contributed by atoms with Crippen LogP contribution in [0.15, 0.2) is 4.34 Å². The molecule has 6 heteroatoms. The normalized spacial score (nSPS) is 10.6. The Kier molecular flexibility index (Phi) is 4.34. The van der Waals surface area contributed by atoms with Crippen LogP contribution in [0.2, 0.25) is 0 Å². The van der Waals surface area contributed by atoms with E-state index in [0.29, 0.717) is 17.5 Å². The van der Waals surface area contributed by atoms with E-state index in [4.69, 9.17) is 0 Å². The number of nitrogens with zero attached hydrogens (tertiary/aromatic N) is 2. The van der Waals surface area contributed by atoms with Gasteiger partial charge in [0.25, 0.3) is 0 Å². The monoisotopic (exact) mass is 231 g/mol. The lowest BCUT2D eigenvalue weighted by molar-refractivity contribution is -0.116. The zero-order valence-corrected chi connectivity index (χ0v) is 10.0. The minimum Gasteiger partial charge on any atom is -0.300 e. The summed E-state index contributed by atoms with van der Waals surface area (Å²) < 4.78 is 0.866. The Morgan fingerprint density at radius 1 is 1.57 bits per heavy atom. The van der Waals surface area contributed by atoms with Gasteiger partial charge in [0, 0.05) is 6.42 Å². The molecule has 78 valence electrons. The minimum atomic E-state index is 0.00352. The topological polar surface area (TPSA) is 54.9 Å². The van der Waals surface area contributed by atoms with Crippen molar-refractivity contribution >= 4 is 34.1 Å². The molecule has 4 nitrogen and oxygen atoms in total. The second kappa shape index (κ2) is 5.31. The van der Waals surface area contributed by atoms with Gasteiger partial charge in [0.15, 0.2) is 4.34 Å². The predicted molar refractivity (Wildman–Crippen MR) is 59.8 cm³/mol. The fourth-order valence-corrected chi connectivity index (χ4v) is 2.07.